The molecule has 0 aliphatic carbocycles. The molecule has 1 saturated heterocycles. The zero-order chi connectivity index (χ0) is 21.5. The van der Waals surface area contributed by atoms with Gasteiger partial charge < -0.3 is 23.5 Å². The van der Waals surface area contributed by atoms with Crippen LogP contribution in [-0.2, 0) is 9.59 Å². The van der Waals surface area contributed by atoms with E-state index in [9.17, 15) is 14.9 Å². The lowest BCUT2D eigenvalue weighted by Crippen LogP contribution is -2.48. The summed E-state index contributed by atoms with van der Waals surface area (Å²) >= 11 is 0. The Labute approximate surface area is 175 Å². The van der Waals surface area contributed by atoms with Gasteiger partial charge in [-0.25, -0.2) is 0 Å². The van der Waals surface area contributed by atoms with E-state index in [-0.39, 0.29) is 23.4 Å². The van der Waals surface area contributed by atoms with Crippen LogP contribution in [0.2, 0.25) is 0 Å². The molecule has 0 spiro atoms. The lowest BCUT2D eigenvalue weighted by Gasteiger charge is -2.34. The summed E-state index contributed by atoms with van der Waals surface area (Å²) in [6, 6.07) is 5.51. The summed E-state index contributed by atoms with van der Waals surface area (Å²) in [6.07, 6.45) is 2.83. The van der Waals surface area contributed by atoms with Crippen molar-refractivity contribution < 1.29 is 18.4 Å². The number of amides is 2. The van der Waals surface area contributed by atoms with Crippen molar-refractivity contribution in [1.82, 2.24) is 14.8 Å². The van der Waals surface area contributed by atoms with E-state index in [1.54, 1.807) is 21.9 Å². The molecule has 0 unspecified atom stereocenters. The Morgan fingerprint density at radius 3 is 2.53 bits per heavy atom. The number of rotatable bonds is 8. The second kappa shape index (κ2) is 9.96. The maximum absolute atomic E-state index is 12.5. The Morgan fingerprint density at radius 2 is 1.93 bits per heavy atom. The summed E-state index contributed by atoms with van der Waals surface area (Å²) in [5.74, 6) is 1.28. The van der Waals surface area contributed by atoms with Crippen LogP contribution in [0.25, 0.3) is 11.7 Å². The predicted octanol–water partition coefficient (Wildman–Crippen LogP) is 2.49. The van der Waals surface area contributed by atoms with Crippen molar-refractivity contribution in [3.05, 3.63) is 24.1 Å². The number of furan rings is 1. The molecule has 0 radical (unpaired) electrons. The van der Waals surface area contributed by atoms with E-state index in [4.69, 9.17) is 8.83 Å². The minimum atomic E-state index is 0.0522. The van der Waals surface area contributed by atoms with Crippen LogP contribution in [0.4, 0.5) is 5.88 Å². The minimum Gasteiger partial charge on any atom is -0.459 e. The van der Waals surface area contributed by atoms with Crippen LogP contribution in [-0.4, -0.2) is 65.9 Å². The van der Waals surface area contributed by atoms with Crippen LogP contribution in [0.1, 0.15) is 38.8 Å². The molecule has 160 valence electrons. The highest BCUT2D eigenvalue weighted by atomic mass is 16.4. The molecule has 1 fully saturated rings. The van der Waals surface area contributed by atoms with Crippen molar-refractivity contribution in [2.45, 2.75) is 33.1 Å². The summed E-state index contributed by atoms with van der Waals surface area (Å²) in [5, 5.41) is 9.39. The maximum atomic E-state index is 12.5. The SMILES string of the molecule is CCN(CC)C(=O)CCCC(=O)N1CCN(c2oc(-c3ccco3)nc2C#N)CC1. The van der Waals surface area contributed by atoms with Gasteiger partial charge in [-0.15, -0.1) is 0 Å². The number of carbonyl (C=O) groups is 2. The molecule has 1 aliphatic heterocycles. The third kappa shape index (κ3) is 4.82. The van der Waals surface area contributed by atoms with E-state index in [0.29, 0.717) is 70.2 Å². The number of hydrogen-bond acceptors (Lipinski definition) is 7. The quantitative estimate of drug-likeness (QED) is 0.654. The molecular weight excluding hydrogens is 386 g/mol. The summed E-state index contributed by atoms with van der Waals surface area (Å²) in [5.41, 5.74) is 0.205. The number of piperazine rings is 1. The summed E-state index contributed by atoms with van der Waals surface area (Å²) in [7, 11) is 0. The molecule has 9 heteroatoms. The molecule has 1 aliphatic rings. The third-order valence-electron chi connectivity index (χ3n) is 5.26. The highest BCUT2D eigenvalue weighted by Crippen LogP contribution is 2.29. The van der Waals surface area contributed by atoms with Crippen molar-refractivity contribution >= 4 is 17.7 Å². The van der Waals surface area contributed by atoms with E-state index in [0.717, 1.165) is 0 Å². The maximum Gasteiger partial charge on any atom is 0.266 e. The van der Waals surface area contributed by atoms with E-state index in [2.05, 4.69) is 11.1 Å². The second-order valence-electron chi connectivity index (χ2n) is 7.05. The Hall–Kier alpha value is -3.28. The number of carbonyl (C=O) groups excluding carboxylic acids is 2. The molecule has 0 bridgehead atoms. The summed E-state index contributed by atoms with van der Waals surface area (Å²) < 4.78 is 11.1. The Kier molecular flexibility index (Phi) is 7.12. The van der Waals surface area contributed by atoms with Gasteiger partial charge in [0.05, 0.1) is 6.26 Å². The van der Waals surface area contributed by atoms with Gasteiger partial charge in [-0.3, -0.25) is 9.59 Å². The third-order valence-corrected chi connectivity index (χ3v) is 5.26. The molecule has 2 aromatic heterocycles. The van der Waals surface area contributed by atoms with Crippen molar-refractivity contribution in [1.29, 1.82) is 5.26 Å². The van der Waals surface area contributed by atoms with Gasteiger partial charge in [-0.2, -0.15) is 10.2 Å². The van der Waals surface area contributed by atoms with Crippen LogP contribution in [0.5, 0.6) is 0 Å². The van der Waals surface area contributed by atoms with Crippen molar-refractivity contribution in [3.63, 3.8) is 0 Å². The first kappa shape index (κ1) is 21.4. The van der Waals surface area contributed by atoms with Crippen LogP contribution in [0.3, 0.4) is 0 Å². The Balaban J connectivity index is 1.51. The summed E-state index contributed by atoms with van der Waals surface area (Å²) in [4.78, 5) is 34.3. The van der Waals surface area contributed by atoms with Gasteiger partial charge in [-0.05, 0) is 32.4 Å². The monoisotopic (exact) mass is 413 g/mol. The average Bonchev–Trinajstić information content (AvgIpc) is 3.44. The molecule has 0 N–H and O–H groups in total. The number of oxazole rings is 1. The zero-order valence-electron chi connectivity index (χ0n) is 17.5. The molecule has 0 saturated carbocycles. The highest BCUT2D eigenvalue weighted by molar-refractivity contribution is 5.79. The van der Waals surface area contributed by atoms with Crippen LogP contribution < -0.4 is 4.90 Å². The number of hydrogen-bond donors (Lipinski definition) is 0. The molecule has 30 heavy (non-hydrogen) atoms. The fourth-order valence-electron chi connectivity index (χ4n) is 3.55. The fraction of sp³-hybridized carbons (Fsp3) is 0.524. The number of anilines is 1. The first-order valence-electron chi connectivity index (χ1n) is 10.3. The van der Waals surface area contributed by atoms with Gasteiger partial charge >= 0.3 is 0 Å². The number of aromatic nitrogens is 1. The molecular formula is C21H27N5O4. The van der Waals surface area contributed by atoms with Crippen LogP contribution in [0.15, 0.2) is 27.2 Å². The van der Waals surface area contributed by atoms with E-state index < -0.39 is 0 Å². The first-order chi connectivity index (χ1) is 14.6. The number of nitrogens with zero attached hydrogens (tertiary/aromatic N) is 5. The van der Waals surface area contributed by atoms with Crippen LogP contribution >= 0.6 is 0 Å². The molecule has 3 rings (SSSR count). The van der Waals surface area contributed by atoms with Gasteiger partial charge in [0.15, 0.2) is 5.76 Å². The molecule has 2 aromatic rings. The highest BCUT2D eigenvalue weighted by Gasteiger charge is 2.27. The molecule has 2 amide bonds. The normalized spacial score (nSPS) is 13.9. The standard InChI is InChI=1S/C21H27N5O4/c1-3-24(4-2)18(27)8-5-9-19(28)25-10-12-26(13-11-25)21-16(15-22)23-20(30-21)17-7-6-14-29-17/h6-7,14H,3-5,8-13H2,1-2H3. The zero-order valence-corrected chi connectivity index (χ0v) is 17.5. The average molecular weight is 413 g/mol. The van der Waals surface area contributed by atoms with Crippen molar-refractivity contribution in [2.75, 3.05) is 44.2 Å². The summed E-state index contributed by atoms with van der Waals surface area (Å²) in [6.45, 7) is 7.45. The van der Waals surface area contributed by atoms with Gasteiger partial charge in [-0.1, -0.05) is 0 Å². The van der Waals surface area contributed by atoms with Crippen LogP contribution in [0, 0.1) is 11.3 Å². The van der Waals surface area contributed by atoms with Gasteiger partial charge in [0.2, 0.25) is 23.4 Å². The number of nitriles is 1. The molecule has 0 atom stereocenters. The van der Waals surface area contributed by atoms with E-state index >= 15 is 0 Å². The fourth-order valence-corrected chi connectivity index (χ4v) is 3.55. The lowest BCUT2D eigenvalue weighted by atomic mass is 10.2. The molecule has 9 nitrogen and oxygen atoms in total. The lowest BCUT2D eigenvalue weighted by molar-refractivity contribution is -0.132. The topological polar surface area (TPSA) is 107 Å². The molecule has 3 heterocycles. The molecule has 0 aromatic carbocycles. The van der Waals surface area contributed by atoms with E-state index in [1.807, 2.05) is 18.7 Å². The van der Waals surface area contributed by atoms with Crippen molar-refractivity contribution in [3.8, 4) is 17.7 Å². The first-order valence-corrected chi connectivity index (χ1v) is 10.3. The van der Waals surface area contributed by atoms with Gasteiger partial charge in [0, 0.05) is 52.1 Å². The second-order valence-corrected chi connectivity index (χ2v) is 7.05. The predicted molar refractivity (Wildman–Crippen MR) is 109 cm³/mol. The van der Waals surface area contributed by atoms with E-state index in [1.165, 1.54) is 6.26 Å². The Bertz CT molecular complexity index is 887. The van der Waals surface area contributed by atoms with Gasteiger partial charge in [0.25, 0.3) is 5.89 Å². The largest absolute Gasteiger partial charge is 0.459 e. The van der Waals surface area contributed by atoms with Gasteiger partial charge in [0.1, 0.15) is 6.07 Å². The Morgan fingerprint density at radius 1 is 1.20 bits per heavy atom. The smallest absolute Gasteiger partial charge is 0.266 e. The minimum absolute atomic E-state index is 0.0522. The van der Waals surface area contributed by atoms with Crippen molar-refractivity contribution in [2.24, 2.45) is 0 Å².